The summed E-state index contributed by atoms with van der Waals surface area (Å²) in [5.74, 6) is 0.496. The molecule has 0 spiro atoms. The predicted octanol–water partition coefficient (Wildman–Crippen LogP) is 4.09. The second-order valence-electron chi connectivity index (χ2n) is 4.84. The number of amides is 1. The smallest absolute Gasteiger partial charge is 0.220 e. The Kier molecular flexibility index (Phi) is 5.97. The van der Waals surface area contributed by atoms with E-state index in [1.54, 1.807) is 12.1 Å². The molecule has 0 radical (unpaired) electrons. The van der Waals surface area contributed by atoms with E-state index in [0.29, 0.717) is 28.8 Å². The van der Waals surface area contributed by atoms with Gasteiger partial charge in [0, 0.05) is 22.5 Å². The Morgan fingerprint density at radius 2 is 1.94 bits per heavy atom. The Morgan fingerprint density at radius 3 is 2.50 bits per heavy atom. The van der Waals surface area contributed by atoms with Crippen LogP contribution in [0.15, 0.2) is 18.2 Å². The highest BCUT2D eigenvalue weighted by Crippen LogP contribution is 2.22. The van der Waals surface area contributed by atoms with Gasteiger partial charge >= 0.3 is 0 Å². The molecule has 0 aromatic heterocycles. The molecule has 1 amide bonds. The topological polar surface area (TPSA) is 29.1 Å². The van der Waals surface area contributed by atoms with Gasteiger partial charge in [-0.05, 0) is 37.0 Å². The number of carbonyl (C=O) groups is 1. The average Bonchev–Trinajstić information content (AvgIpc) is 2.27. The summed E-state index contributed by atoms with van der Waals surface area (Å²) in [6, 6.07) is 5.55. The van der Waals surface area contributed by atoms with Crippen LogP contribution >= 0.6 is 23.2 Å². The first-order valence-electron chi connectivity index (χ1n) is 6.13. The number of aryl methyl sites for hydroxylation is 1. The molecule has 1 aromatic carbocycles. The Bertz CT molecular complexity index is 418. The molecular formula is C14H19Cl2NO. The molecule has 1 aromatic rings. The van der Waals surface area contributed by atoms with Crippen LogP contribution in [0, 0.1) is 5.92 Å². The highest BCUT2D eigenvalue weighted by molar-refractivity contribution is 6.35. The van der Waals surface area contributed by atoms with Gasteiger partial charge in [-0.2, -0.15) is 0 Å². The zero-order chi connectivity index (χ0) is 13.7. The average molecular weight is 288 g/mol. The first-order valence-corrected chi connectivity index (χ1v) is 6.89. The molecule has 1 atom stereocenters. The standard InChI is InChI=1S/C14H19Cl2NO/c1-9(2)10(3)17-14(18)7-5-11-4-6-12(15)8-13(11)16/h4,6,8-10H,5,7H2,1-3H3,(H,17,18). The molecule has 1 unspecified atom stereocenters. The number of hydrogen-bond donors (Lipinski definition) is 1. The Hall–Kier alpha value is -0.730. The summed E-state index contributed by atoms with van der Waals surface area (Å²) in [7, 11) is 0. The Balaban J connectivity index is 2.47. The fourth-order valence-electron chi connectivity index (χ4n) is 1.47. The van der Waals surface area contributed by atoms with Crippen molar-refractivity contribution >= 4 is 29.1 Å². The van der Waals surface area contributed by atoms with Crippen molar-refractivity contribution < 1.29 is 4.79 Å². The highest BCUT2D eigenvalue weighted by atomic mass is 35.5. The van der Waals surface area contributed by atoms with Gasteiger partial charge in [-0.1, -0.05) is 43.1 Å². The van der Waals surface area contributed by atoms with E-state index >= 15 is 0 Å². The van der Waals surface area contributed by atoms with E-state index in [0.717, 1.165) is 5.56 Å². The zero-order valence-electron chi connectivity index (χ0n) is 11.0. The van der Waals surface area contributed by atoms with Crippen molar-refractivity contribution in [2.75, 3.05) is 0 Å². The first-order chi connectivity index (χ1) is 8.40. The number of benzene rings is 1. The second kappa shape index (κ2) is 7.01. The minimum Gasteiger partial charge on any atom is -0.353 e. The van der Waals surface area contributed by atoms with Crippen LogP contribution in [0.3, 0.4) is 0 Å². The normalized spacial score (nSPS) is 12.6. The first kappa shape index (κ1) is 15.3. The lowest BCUT2D eigenvalue weighted by Crippen LogP contribution is -2.36. The quantitative estimate of drug-likeness (QED) is 0.868. The third-order valence-corrected chi connectivity index (χ3v) is 3.61. The third-order valence-electron chi connectivity index (χ3n) is 3.03. The Labute approximate surface area is 119 Å². The molecule has 0 saturated heterocycles. The molecule has 0 aliphatic heterocycles. The highest BCUT2D eigenvalue weighted by Gasteiger charge is 2.11. The molecule has 0 heterocycles. The molecule has 2 nitrogen and oxygen atoms in total. The summed E-state index contributed by atoms with van der Waals surface area (Å²) in [5.41, 5.74) is 0.952. The van der Waals surface area contributed by atoms with E-state index in [1.807, 2.05) is 13.0 Å². The summed E-state index contributed by atoms with van der Waals surface area (Å²) >= 11 is 11.9. The monoisotopic (exact) mass is 287 g/mol. The zero-order valence-corrected chi connectivity index (χ0v) is 12.5. The number of rotatable bonds is 5. The van der Waals surface area contributed by atoms with Gasteiger partial charge in [0.25, 0.3) is 0 Å². The fraction of sp³-hybridized carbons (Fsp3) is 0.500. The Morgan fingerprint density at radius 1 is 1.28 bits per heavy atom. The molecule has 0 saturated carbocycles. The van der Waals surface area contributed by atoms with E-state index in [2.05, 4.69) is 19.2 Å². The van der Waals surface area contributed by atoms with Crippen molar-refractivity contribution in [1.82, 2.24) is 5.32 Å². The van der Waals surface area contributed by atoms with E-state index in [4.69, 9.17) is 23.2 Å². The molecule has 0 aliphatic carbocycles. The number of nitrogens with one attached hydrogen (secondary N) is 1. The van der Waals surface area contributed by atoms with Gasteiger partial charge in [0.1, 0.15) is 0 Å². The van der Waals surface area contributed by atoms with Crippen LogP contribution in [0.1, 0.15) is 32.8 Å². The summed E-state index contributed by atoms with van der Waals surface area (Å²) in [6.45, 7) is 6.18. The summed E-state index contributed by atoms with van der Waals surface area (Å²) in [5, 5.41) is 4.20. The van der Waals surface area contributed by atoms with Crippen LogP contribution in [0.25, 0.3) is 0 Å². The van der Waals surface area contributed by atoms with E-state index in [9.17, 15) is 4.79 Å². The van der Waals surface area contributed by atoms with Crippen molar-refractivity contribution in [2.24, 2.45) is 5.92 Å². The van der Waals surface area contributed by atoms with Gasteiger partial charge in [-0.3, -0.25) is 4.79 Å². The van der Waals surface area contributed by atoms with Crippen LogP contribution < -0.4 is 5.32 Å². The largest absolute Gasteiger partial charge is 0.353 e. The molecule has 0 bridgehead atoms. The van der Waals surface area contributed by atoms with Gasteiger partial charge < -0.3 is 5.32 Å². The SMILES string of the molecule is CC(C)C(C)NC(=O)CCc1ccc(Cl)cc1Cl. The van der Waals surface area contributed by atoms with Crippen molar-refractivity contribution in [3.05, 3.63) is 33.8 Å². The lowest BCUT2D eigenvalue weighted by Gasteiger charge is -2.17. The van der Waals surface area contributed by atoms with Gasteiger partial charge in [0.15, 0.2) is 0 Å². The molecular weight excluding hydrogens is 269 g/mol. The predicted molar refractivity (Wildman–Crippen MR) is 77.2 cm³/mol. The minimum absolute atomic E-state index is 0.0576. The fourth-order valence-corrected chi connectivity index (χ4v) is 1.97. The molecule has 1 rings (SSSR count). The molecule has 4 heteroatoms. The van der Waals surface area contributed by atoms with Crippen LogP contribution in [-0.4, -0.2) is 11.9 Å². The van der Waals surface area contributed by atoms with Gasteiger partial charge in [0.2, 0.25) is 5.91 Å². The van der Waals surface area contributed by atoms with Crippen molar-refractivity contribution in [3.8, 4) is 0 Å². The van der Waals surface area contributed by atoms with Gasteiger partial charge in [-0.25, -0.2) is 0 Å². The summed E-state index contributed by atoms with van der Waals surface area (Å²) in [4.78, 5) is 11.7. The van der Waals surface area contributed by atoms with Crippen LogP contribution in [0.2, 0.25) is 10.0 Å². The summed E-state index contributed by atoms with van der Waals surface area (Å²) in [6.07, 6.45) is 1.07. The second-order valence-corrected chi connectivity index (χ2v) is 5.68. The van der Waals surface area contributed by atoms with Crippen molar-refractivity contribution in [2.45, 2.75) is 39.7 Å². The van der Waals surface area contributed by atoms with Gasteiger partial charge in [0.05, 0.1) is 0 Å². The van der Waals surface area contributed by atoms with Crippen molar-refractivity contribution in [3.63, 3.8) is 0 Å². The lowest BCUT2D eigenvalue weighted by atomic mass is 10.1. The van der Waals surface area contributed by atoms with Crippen LogP contribution in [0.5, 0.6) is 0 Å². The molecule has 18 heavy (non-hydrogen) atoms. The van der Waals surface area contributed by atoms with Crippen LogP contribution in [0.4, 0.5) is 0 Å². The van der Waals surface area contributed by atoms with E-state index < -0.39 is 0 Å². The third kappa shape index (κ3) is 4.87. The molecule has 0 fully saturated rings. The maximum Gasteiger partial charge on any atom is 0.220 e. The number of halogens is 2. The summed E-state index contributed by atoms with van der Waals surface area (Å²) < 4.78 is 0. The number of hydrogen-bond acceptors (Lipinski definition) is 1. The van der Waals surface area contributed by atoms with E-state index in [1.165, 1.54) is 0 Å². The van der Waals surface area contributed by atoms with Crippen LogP contribution in [-0.2, 0) is 11.2 Å². The lowest BCUT2D eigenvalue weighted by molar-refractivity contribution is -0.121. The molecule has 100 valence electrons. The van der Waals surface area contributed by atoms with E-state index in [-0.39, 0.29) is 11.9 Å². The molecule has 1 N–H and O–H groups in total. The maximum absolute atomic E-state index is 11.7. The maximum atomic E-state index is 11.7. The van der Waals surface area contributed by atoms with Gasteiger partial charge in [-0.15, -0.1) is 0 Å². The minimum atomic E-state index is 0.0576. The van der Waals surface area contributed by atoms with Crippen molar-refractivity contribution in [1.29, 1.82) is 0 Å². The number of carbonyl (C=O) groups excluding carboxylic acids is 1. The molecule has 0 aliphatic rings.